The van der Waals surface area contributed by atoms with Crippen molar-refractivity contribution in [1.29, 1.82) is 0 Å². The van der Waals surface area contributed by atoms with Crippen molar-refractivity contribution in [3.8, 4) is 0 Å². The van der Waals surface area contributed by atoms with Gasteiger partial charge in [0.25, 0.3) is 5.91 Å². The van der Waals surface area contributed by atoms with Crippen LogP contribution < -0.4 is 11.1 Å². The Morgan fingerprint density at radius 1 is 1.03 bits per heavy atom. The Morgan fingerprint density at radius 3 is 2.33 bits per heavy atom. The minimum atomic E-state index is -0.416. The fraction of sp³-hybridized carbons (Fsp3) is 0.733. The quantitative estimate of drug-likeness (QED) is 0.555. The maximum Gasteiger partial charge on any atom is 0.254 e. The first-order valence-corrected chi connectivity index (χ1v) is 14.5. The number of hydrogen-bond donors (Lipinski definition) is 2. The van der Waals surface area contributed by atoms with Gasteiger partial charge in [-0.1, -0.05) is 50.8 Å². The van der Waals surface area contributed by atoms with E-state index in [0.717, 1.165) is 56.7 Å². The summed E-state index contributed by atoms with van der Waals surface area (Å²) in [6, 6.07) is 7.98. The van der Waals surface area contributed by atoms with E-state index < -0.39 is 6.04 Å². The van der Waals surface area contributed by atoms with E-state index in [2.05, 4.69) is 24.1 Å². The standard InChI is InChI=1S/C30H48N4O2/c1-21(2)18-33(19-23-7-5-4-6-8-23)27-17-28(29(35)32-26-15-13-25(31)14-16-26)34(20-27)30(36)24-11-9-22(3)10-12-24/h9-12,21,23,25-28H,4-8,13-20,31H2,1-3H3,(H,32,35). The van der Waals surface area contributed by atoms with E-state index in [1.807, 2.05) is 36.1 Å². The van der Waals surface area contributed by atoms with Gasteiger partial charge in [0.2, 0.25) is 5.91 Å². The summed E-state index contributed by atoms with van der Waals surface area (Å²) < 4.78 is 0. The summed E-state index contributed by atoms with van der Waals surface area (Å²) in [6.07, 6.45) is 11.1. The molecule has 1 aromatic carbocycles. The summed E-state index contributed by atoms with van der Waals surface area (Å²) >= 11 is 0. The van der Waals surface area contributed by atoms with Crippen molar-refractivity contribution in [1.82, 2.24) is 15.1 Å². The lowest BCUT2D eigenvalue weighted by Crippen LogP contribution is -2.50. The van der Waals surface area contributed by atoms with Crippen LogP contribution in [0.15, 0.2) is 24.3 Å². The number of benzene rings is 1. The van der Waals surface area contributed by atoms with Crippen molar-refractivity contribution < 1.29 is 9.59 Å². The van der Waals surface area contributed by atoms with Crippen LogP contribution in [0.2, 0.25) is 0 Å². The summed E-state index contributed by atoms with van der Waals surface area (Å²) in [4.78, 5) is 31.8. The second-order valence-electron chi connectivity index (χ2n) is 12.2. The number of likely N-dealkylation sites (tertiary alicyclic amines) is 1. The number of hydrogen-bond acceptors (Lipinski definition) is 4. The summed E-state index contributed by atoms with van der Waals surface area (Å²) in [7, 11) is 0. The average molecular weight is 497 g/mol. The van der Waals surface area contributed by atoms with Crippen LogP contribution in [-0.2, 0) is 4.79 Å². The summed E-state index contributed by atoms with van der Waals surface area (Å²) in [5.74, 6) is 1.28. The van der Waals surface area contributed by atoms with Gasteiger partial charge in [-0.15, -0.1) is 0 Å². The molecule has 0 bridgehead atoms. The van der Waals surface area contributed by atoms with E-state index in [4.69, 9.17) is 5.73 Å². The van der Waals surface area contributed by atoms with E-state index in [1.54, 1.807) is 0 Å². The molecule has 3 fully saturated rings. The van der Waals surface area contributed by atoms with Crippen LogP contribution in [0.3, 0.4) is 0 Å². The normalized spacial score (nSPS) is 27.6. The van der Waals surface area contributed by atoms with E-state index in [1.165, 1.54) is 32.1 Å². The molecule has 0 aromatic heterocycles. The molecule has 6 heteroatoms. The molecular weight excluding hydrogens is 448 g/mol. The molecule has 2 saturated carbocycles. The third kappa shape index (κ3) is 7.10. The molecular formula is C30H48N4O2. The van der Waals surface area contributed by atoms with Gasteiger partial charge >= 0.3 is 0 Å². The van der Waals surface area contributed by atoms with E-state index >= 15 is 0 Å². The van der Waals surface area contributed by atoms with E-state index in [-0.39, 0.29) is 29.9 Å². The highest BCUT2D eigenvalue weighted by Crippen LogP contribution is 2.30. The van der Waals surface area contributed by atoms with Crippen molar-refractivity contribution in [3.05, 3.63) is 35.4 Å². The molecule has 4 rings (SSSR count). The molecule has 1 aromatic rings. The maximum atomic E-state index is 13.7. The number of nitrogens with two attached hydrogens (primary N) is 1. The lowest BCUT2D eigenvalue weighted by Gasteiger charge is -2.35. The summed E-state index contributed by atoms with van der Waals surface area (Å²) in [5, 5.41) is 3.30. The van der Waals surface area contributed by atoms with Crippen LogP contribution >= 0.6 is 0 Å². The fourth-order valence-electron chi connectivity index (χ4n) is 6.52. The highest BCUT2D eigenvalue weighted by Gasteiger charge is 2.43. The number of aryl methyl sites for hydroxylation is 1. The first-order valence-electron chi connectivity index (χ1n) is 14.5. The van der Waals surface area contributed by atoms with Gasteiger partial charge in [0.15, 0.2) is 0 Å². The van der Waals surface area contributed by atoms with Crippen molar-refractivity contribution in [2.45, 2.75) is 109 Å². The molecule has 2 unspecified atom stereocenters. The Morgan fingerprint density at radius 2 is 1.69 bits per heavy atom. The predicted octanol–water partition coefficient (Wildman–Crippen LogP) is 4.50. The van der Waals surface area contributed by atoms with Gasteiger partial charge in [0, 0.05) is 43.3 Å². The van der Waals surface area contributed by atoms with Crippen LogP contribution in [0.25, 0.3) is 0 Å². The van der Waals surface area contributed by atoms with Crippen LogP contribution in [0, 0.1) is 18.8 Å². The Hall–Kier alpha value is -1.92. The van der Waals surface area contributed by atoms with Gasteiger partial charge in [-0.05, 0) is 75.8 Å². The molecule has 3 aliphatic rings. The number of nitrogens with zero attached hydrogens (tertiary/aromatic N) is 2. The number of rotatable bonds is 8. The van der Waals surface area contributed by atoms with Gasteiger partial charge in [-0.2, -0.15) is 0 Å². The van der Waals surface area contributed by atoms with Crippen LogP contribution in [-0.4, -0.2) is 65.4 Å². The minimum Gasteiger partial charge on any atom is -0.352 e. The lowest BCUT2D eigenvalue weighted by molar-refractivity contribution is -0.125. The molecule has 1 saturated heterocycles. The van der Waals surface area contributed by atoms with Gasteiger partial charge in [0.1, 0.15) is 6.04 Å². The molecule has 0 radical (unpaired) electrons. The summed E-state index contributed by atoms with van der Waals surface area (Å²) in [6.45, 7) is 9.31. The Kier molecular flexibility index (Phi) is 9.46. The highest BCUT2D eigenvalue weighted by molar-refractivity contribution is 5.98. The molecule has 0 spiro atoms. The second kappa shape index (κ2) is 12.6. The van der Waals surface area contributed by atoms with Crippen molar-refractivity contribution >= 4 is 11.8 Å². The number of carbonyl (C=O) groups excluding carboxylic acids is 2. The zero-order valence-electron chi connectivity index (χ0n) is 22.8. The van der Waals surface area contributed by atoms with Crippen molar-refractivity contribution in [2.24, 2.45) is 17.6 Å². The largest absolute Gasteiger partial charge is 0.352 e. The highest BCUT2D eigenvalue weighted by atomic mass is 16.2. The van der Waals surface area contributed by atoms with Gasteiger partial charge < -0.3 is 16.0 Å². The molecule has 3 N–H and O–H groups in total. The molecule has 200 valence electrons. The van der Waals surface area contributed by atoms with Crippen LogP contribution in [0.1, 0.15) is 94.0 Å². The zero-order chi connectivity index (χ0) is 25.7. The third-order valence-corrected chi connectivity index (χ3v) is 8.59. The van der Waals surface area contributed by atoms with Crippen LogP contribution in [0.5, 0.6) is 0 Å². The predicted molar refractivity (Wildman–Crippen MR) is 146 cm³/mol. The third-order valence-electron chi connectivity index (χ3n) is 8.59. The first-order chi connectivity index (χ1) is 17.3. The average Bonchev–Trinajstić information content (AvgIpc) is 3.31. The number of nitrogens with one attached hydrogen (secondary N) is 1. The minimum absolute atomic E-state index is 0.0144. The van der Waals surface area contributed by atoms with E-state index in [0.29, 0.717) is 18.0 Å². The number of carbonyl (C=O) groups is 2. The molecule has 6 nitrogen and oxygen atoms in total. The number of amides is 2. The van der Waals surface area contributed by atoms with E-state index in [9.17, 15) is 9.59 Å². The Bertz CT molecular complexity index is 856. The smallest absolute Gasteiger partial charge is 0.254 e. The Balaban J connectivity index is 1.52. The zero-order valence-corrected chi connectivity index (χ0v) is 22.8. The van der Waals surface area contributed by atoms with Gasteiger partial charge in [-0.3, -0.25) is 14.5 Å². The van der Waals surface area contributed by atoms with Gasteiger partial charge in [0.05, 0.1) is 0 Å². The molecule has 2 atom stereocenters. The second-order valence-corrected chi connectivity index (χ2v) is 12.2. The topological polar surface area (TPSA) is 78.7 Å². The first kappa shape index (κ1) is 27.1. The molecule has 1 heterocycles. The SMILES string of the molecule is Cc1ccc(C(=O)N2CC(N(CC(C)C)CC3CCCCC3)CC2C(=O)NC2CCC(N)CC2)cc1. The maximum absolute atomic E-state index is 13.7. The van der Waals surface area contributed by atoms with Crippen molar-refractivity contribution in [3.63, 3.8) is 0 Å². The molecule has 2 aliphatic carbocycles. The molecule has 2 amide bonds. The van der Waals surface area contributed by atoms with Crippen molar-refractivity contribution in [2.75, 3.05) is 19.6 Å². The molecule has 36 heavy (non-hydrogen) atoms. The monoisotopic (exact) mass is 496 g/mol. The fourth-order valence-corrected chi connectivity index (χ4v) is 6.52. The lowest BCUT2D eigenvalue weighted by atomic mass is 9.88. The van der Waals surface area contributed by atoms with Gasteiger partial charge in [-0.25, -0.2) is 0 Å². The summed E-state index contributed by atoms with van der Waals surface area (Å²) in [5.41, 5.74) is 7.89. The van der Waals surface area contributed by atoms with Crippen LogP contribution in [0.4, 0.5) is 0 Å². The molecule has 1 aliphatic heterocycles. The Labute approximate surface area is 218 Å².